The minimum atomic E-state index is -3.15. The van der Waals surface area contributed by atoms with Crippen LogP contribution in [0.3, 0.4) is 0 Å². The number of sulfone groups is 1. The summed E-state index contributed by atoms with van der Waals surface area (Å²) in [7, 11) is -1.25. The number of benzene rings is 1. The number of nitrogens with one attached hydrogen (secondary N) is 1. The van der Waals surface area contributed by atoms with Crippen molar-refractivity contribution in [3.05, 3.63) is 47.8 Å². The molecule has 0 saturated carbocycles. The summed E-state index contributed by atoms with van der Waals surface area (Å²) in [5.41, 5.74) is 2.07. The molecule has 1 heterocycles. The highest BCUT2D eigenvalue weighted by atomic mass is 32.2. The van der Waals surface area contributed by atoms with Crippen molar-refractivity contribution in [2.75, 3.05) is 12.8 Å². The van der Waals surface area contributed by atoms with Crippen molar-refractivity contribution in [1.82, 2.24) is 15.1 Å². The van der Waals surface area contributed by atoms with Crippen LogP contribution in [0.15, 0.2) is 41.4 Å². The van der Waals surface area contributed by atoms with E-state index < -0.39 is 9.84 Å². The summed E-state index contributed by atoms with van der Waals surface area (Å²) in [5.74, 6) is 0. The Morgan fingerprint density at radius 2 is 1.90 bits per heavy atom. The van der Waals surface area contributed by atoms with E-state index >= 15 is 0 Å². The lowest BCUT2D eigenvalue weighted by Crippen LogP contribution is -2.23. The van der Waals surface area contributed by atoms with Crippen molar-refractivity contribution in [3.63, 3.8) is 0 Å². The van der Waals surface area contributed by atoms with Crippen LogP contribution in [0.2, 0.25) is 0 Å². The average molecular weight is 307 g/mol. The van der Waals surface area contributed by atoms with Gasteiger partial charge >= 0.3 is 0 Å². The van der Waals surface area contributed by atoms with Crippen LogP contribution in [0, 0.1) is 0 Å². The Balaban J connectivity index is 2.21. The molecular weight excluding hydrogens is 286 g/mol. The zero-order valence-electron chi connectivity index (χ0n) is 12.6. The van der Waals surface area contributed by atoms with Crippen LogP contribution in [0.5, 0.6) is 0 Å². The molecule has 21 heavy (non-hydrogen) atoms. The number of nitrogens with zero attached hydrogens (tertiary/aromatic N) is 2. The maximum Gasteiger partial charge on any atom is 0.175 e. The van der Waals surface area contributed by atoms with E-state index in [4.69, 9.17) is 0 Å². The third kappa shape index (κ3) is 4.15. The first-order valence-corrected chi connectivity index (χ1v) is 8.81. The van der Waals surface area contributed by atoms with Gasteiger partial charge in [-0.25, -0.2) is 8.42 Å². The highest BCUT2D eigenvalue weighted by Gasteiger charge is 2.14. The molecule has 1 unspecified atom stereocenters. The Bertz CT molecular complexity index is 690. The largest absolute Gasteiger partial charge is 0.310 e. The third-order valence-electron chi connectivity index (χ3n) is 3.34. The fraction of sp³-hybridized carbons (Fsp3) is 0.400. The summed E-state index contributed by atoms with van der Waals surface area (Å²) >= 11 is 0. The number of rotatable bonds is 6. The smallest absolute Gasteiger partial charge is 0.175 e. The van der Waals surface area contributed by atoms with E-state index in [0.717, 1.165) is 24.2 Å². The second-order valence-corrected chi connectivity index (χ2v) is 7.15. The van der Waals surface area contributed by atoms with Crippen LogP contribution in [-0.2, 0) is 23.3 Å². The lowest BCUT2D eigenvalue weighted by Gasteiger charge is -2.17. The Hall–Kier alpha value is -1.66. The van der Waals surface area contributed by atoms with Gasteiger partial charge in [0.15, 0.2) is 9.84 Å². The Morgan fingerprint density at radius 3 is 2.38 bits per heavy atom. The molecule has 0 saturated heterocycles. The van der Waals surface area contributed by atoms with Crippen molar-refractivity contribution >= 4 is 9.84 Å². The second-order valence-electron chi connectivity index (χ2n) is 5.14. The molecule has 0 aliphatic rings. The monoisotopic (exact) mass is 307 g/mol. The van der Waals surface area contributed by atoms with Crippen molar-refractivity contribution in [3.8, 4) is 0 Å². The van der Waals surface area contributed by atoms with Gasteiger partial charge in [-0.3, -0.25) is 4.68 Å². The number of hydrogen-bond acceptors (Lipinski definition) is 4. The quantitative estimate of drug-likeness (QED) is 0.882. The molecule has 0 fully saturated rings. The van der Waals surface area contributed by atoms with E-state index in [9.17, 15) is 8.42 Å². The van der Waals surface area contributed by atoms with Gasteiger partial charge in [0, 0.05) is 32.0 Å². The van der Waals surface area contributed by atoms with E-state index in [1.165, 1.54) is 6.26 Å². The predicted octanol–water partition coefficient (Wildman–Crippen LogP) is 1.72. The molecule has 6 heteroatoms. The average Bonchev–Trinajstić information content (AvgIpc) is 2.83. The van der Waals surface area contributed by atoms with Crippen LogP contribution in [0.25, 0.3) is 0 Å². The number of aromatic nitrogens is 2. The van der Waals surface area contributed by atoms with E-state index in [1.807, 2.05) is 31.4 Å². The van der Waals surface area contributed by atoms with E-state index in [2.05, 4.69) is 17.3 Å². The molecule has 1 N–H and O–H groups in total. The normalized spacial score (nSPS) is 13.3. The highest BCUT2D eigenvalue weighted by Crippen LogP contribution is 2.20. The van der Waals surface area contributed by atoms with E-state index in [-0.39, 0.29) is 6.04 Å². The maximum absolute atomic E-state index is 11.5. The predicted molar refractivity (Wildman–Crippen MR) is 82.9 cm³/mol. The molecule has 0 aliphatic heterocycles. The third-order valence-corrected chi connectivity index (χ3v) is 4.47. The summed E-state index contributed by atoms with van der Waals surface area (Å²) < 4.78 is 24.8. The number of likely N-dealkylation sites (N-methyl/N-ethyl adjacent to an activating group) is 1. The second kappa shape index (κ2) is 6.41. The van der Waals surface area contributed by atoms with Gasteiger partial charge in [-0.2, -0.15) is 5.10 Å². The van der Waals surface area contributed by atoms with Crippen LogP contribution >= 0.6 is 0 Å². The topological polar surface area (TPSA) is 64.0 Å². The van der Waals surface area contributed by atoms with Gasteiger partial charge in [-0.05, 0) is 30.3 Å². The molecule has 0 radical (unpaired) electrons. The van der Waals surface area contributed by atoms with Gasteiger partial charge in [0.25, 0.3) is 0 Å². The first-order chi connectivity index (χ1) is 9.90. The molecule has 0 amide bonds. The van der Waals surface area contributed by atoms with E-state index in [1.54, 1.807) is 16.8 Å². The Morgan fingerprint density at radius 1 is 1.24 bits per heavy atom. The molecule has 2 aromatic rings. The summed E-state index contributed by atoms with van der Waals surface area (Å²) in [4.78, 5) is 0.347. The number of aryl methyl sites for hydroxylation is 1. The standard InChI is InChI=1S/C15H21N3O2S/c1-4-16-15(11-13-9-10-18(2)17-13)12-5-7-14(8-6-12)21(3,19)20/h5-10,15-16H,4,11H2,1-3H3. The minimum Gasteiger partial charge on any atom is -0.310 e. The molecule has 0 bridgehead atoms. The molecule has 5 nitrogen and oxygen atoms in total. The molecule has 2 rings (SSSR count). The summed E-state index contributed by atoms with van der Waals surface area (Å²) in [6.07, 6.45) is 3.91. The zero-order valence-corrected chi connectivity index (χ0v) is 13.4. The fourth-order valence-corrected chi connectivity index (χ4v) is 2.91. The first-order valence-electron chi connectivity index (χ1n) is 6.92. The fourth-order valence-electron chi connectivity index (χ4n) is 2.28. The zero-order chi connectivity index (χ0) is 15.5. The molecule has 1 aromatic carbocycles. The Kier molecular flexibility index (Phi) is 4.80. The van der Waals surface area contributed by atoms with E-state index in [0.29, 0.717) is 4.90 Å². The maximum atomic E-state index is 11.5. The molecule has 0 spiro atoms. The van der Waals surface area contributed by atoms with Crippen molar-refractivity contribution in [1.29, 1.82) is 0 Å². The molecular formula is C15H21N3O2S. The molecule has 0 aliphatic carbocycles. The van der Waals surface area contributed by atoms with Crippen molar-refractivity contribution in [2.45, 2.75) is 24.3 Å². The van der Waals surface area contributed by atoms with Crippen LogP contribution in [-0.4, -0.2) is 31.0 Å². The summed E-state index contributed by atoms with van der Waals surface area (Å²) in [6, 6.07) is 9.17. The van der Waals surface area contributed by atoms with Crippen LogP contribution in [0.1, 0.15) is 24.2 Å². The van der Waals surface area contributed by atoms with Gasteiger partial charge in [-0.15, -0.1) is 0 Å². The van der Waals surface area contributed by atoms with Gasteiger partial charge in [0.1, 0.15) is 0 Å². The van der Waals surface area contributed by atoms with Gasteiger partial charge in [0.2, 0.25) is 0 Å². The molecule has 1 aromatic heterocycles. The number of hydrogen-bond donors (Lipinski definition) is 1. The van der Waals surface area contributed by atoms with Crippen LogP contribution in [0.4, 0.5) is 0 Å². The molecule has 1 atom stereocenters. The van der Waals surface area contributed by atoms with Crippen molar-refractivity contribution in [2.24, 2.45) is 7.05 Å². The minimum absolute atomic E-state index is 0.124. The molecule has 114 valence electrons. The lowest BCUT2D eigenvalue weighted by molar-refractivity contribution is 0.539. The highest BCUT2D eigenvalue weighted by molar-refractivity contribution is 7.90. The van der Waals surface area contributed by atoms with Gasteiger partial charge < -0.3 is 5.32 Å². The Labute approximate surface area is 125 Å². The van der Waals surface area contributed by atoms with Gasteiger partial charge in [-0.1, -0.05) is 19.1 Å². The van der Waals surface area contributed by atoms with Crippen LogP contribution < -0.4 is 5.32 Å². The SMILES string of the molecule is CCNC(Cc1ccn(C)n1)c1ccc(S(C)(=O)=O)cc1. The summed E-state index contributed by atoms with van der Waals surface area (Å²) in [5, 5.41) is 7.81. The van der Waals surface area contributed by atoms with Crippen molar-refractivity contribution < 1.29 is 8.42 Å². The van der Waals surface area contributed by atoms with Gasteiger partial charge in [0.05, 0.1) is 10.6 Å². The first kappa shape index (κ1) is 15.7. The summed E-state index contributed by atoms with van der Waals surface area (Å²) in [6.45, 7) is 2.89. The lowest BCUT2D eigenvalue weighted by atomic mass is 10.0.